The van der Waals surface area contributed by atoms with Crippen LogP contribution >= 0.6 is 11.6 Å². The van der Waals surface area contributed by atoms with Crippen molar-refractivity contribution in [3.63, 3.8) is 0 Å². The van der Waals surface area contributed by atoms with E-state index in [2.05, 4.69) is 15.0 Å². The molecule has 5 nitrogen and oxygen atoms in total. The second-order valence-electron chi connectivity index (χ2n) is 4.26. The van der Waals surface area contributed by atoms with Crippen molar-refractivity contribution >= 4 is 11.6 Å². The number of benzene rings is 1. The lowest BCUT2D eigenvalue weighted by atomic mass is 10.2. The van der Waals surface area contributed by atoms with Gasteiger partial charge in [-0.15, -0.1) is 0 Å². The van der Waals surface area contributed by atoms with E-state index >= 15 is 0 Å². The van der Waals surface area contributed by atoms with Crippen LogP contribution < -0.4 is 9.47 Å². The highest BCUT2D eigenvalue weighted by molar-refractivity contribution is 6.28. The van der Waals surface area contributed by atoms with Crippen LogP contribution in [-0.4, -0.2) is 28.2 Å². The first kappa shape index (κ1) is 12.2. The summed E-state index contributed by atoms with van der Waals surface area (Å²) in [5.41, 5.74) is 0.839. The SMILES string of the molecule is COc1nc(Cl)nc(-c2ccc(OC3CC3)cc2)n1. The predicted molar refractivity (Wildman–Crippen MR) is 70.5 cm³/mol. The Kier molecular flexibility index (Phi) is 3.21. The van der Waals surface area contributed by atoms with E-state index in [1.54, 1.807) is 0 Å². The Balaban J connectivity index is 1.86. The largest absolute Gasteiger partial charge is 0.490 e. The summed E-state index contributed by atoms with van der Waals surface area (Å²) in [4.78, 5) is 12.1. The number of ether oxygens (including phenoxy) is 2. The average Bonchev–Trinajstić information content (AvgIpc) is 3.23. The molecule has 0 radical (unpaired) electrons. The number of methoxy groups -OCH3 is 1. The fraction of sp³-hybridized carbons (Fsp3) is 0.308. The minimum absolute atomic E-state index is 0.111. The van der Waals surface area contributed by atoms with E-state index in [0.29, 0.717) is 11.9 Å². The molecule has 0 bridgehead atoms. The van der Waals surface area contributed by atoms with E-state index in [1.165, 1.54) is 7.11 Å². The zero-order valence-electron chi connectivity index (χ0n) is 10.3. The van der Waals surface area contributed by atoms with Crippen molar-refractivity contribution in [3.8, 4) is 23.1 Å². The molecule has 98 valence electrons. The number of hydrogen-bond acceptors (Lipinski definition) is 5. The molecule has 1 aromatic carbocycles. The van der Waals surface area contributed by atoms with Crippen molar-refractivity contribution in [1.29, 1.82) is 0 Å². The lowest BCUT2D eigenvalue weighted by Gasteiger charge is -2.06. The van der Waals surface area contributed by atoms with Gasteiger partial charge in [0.1, 0.15) is 5.75 Å². The van der Waals surface area contributed by atoms with Crippen LogP contribution in [0.1, 0.15) is 12.8 Å². The van der Waals surface area contributed by atoms with Gasteiger partial charge in [-0.05, 0) is 48.7 Å². The second-order valence-corrected chi connectivity index (χ2v) is 4.59. The summed E-state index contributed by atoms with van der Waals surface area (Å²) in [7, 11) is 1.49. The van der Waals surface area contributed by atoms with E-state index in [1.807, 2.05) is 24.3 Å². The molecule has 2 aromatic rings. The zero-order chi connectivity index (χ0) is 13.2. The maximum absolute atomic E-state index is 5.82. The molecule has 1 saturated carbocycles. The Hall–Kier alpha value is -1.88. The predicted octanol–water partition coefficient (Wildman–Crippen LogP) is 2.74. The molecule has 19 heavy (non-hydrogen) atoms. The second kappa shape index (κ2) is 5.01. The molecular weight excluding hydrogens is 266 g/mol. The average molecular weight is 278 g/mol. The fourth-order valence-electron chi connectivity index (χ4n) is 1.61. The zero-order valence-corrected chi connectivity index (χ0v) is 11.1. The maximum Gasteiger partial charge on any atom is 0.321 e. The molecule has 0 aliphatic heterocycles. The number of halogens is 1. The van der Waals surface area contributed by atoms with Crippen LogP contribution in [-0.2, 0) is 0 Å². The Morgan fingerprint density at radius 3 is 2.47 bits per heavy atom. The van der Waals surface area contributed by atoms with Gasteiger partial charge in [-0.2, -0.15) is 15.0 Å². The maximum atomic E-state index is 5.82. The molecule has 0 unspecified atom stereocenters. The van der Waals surface area contributed by atoms with Crippen LogP contribution in [0.3, 0.4) is 0 Å². The van der Waals surface area contributed by atoms with Crippen molar-refractivity contribution in [2.75, 3.05) is 7.11 Å². The molecule has 0 spiro atoms. The number of aromatic nitrogens is 3. The molecule has 0 amide bonds. The highest BCUT2D eigenvalue weighted by Crippen LogP contribution is 2.28. The minimum atomic E-state index is 0.111. The molecule has 1 heterocycles. The smallest absolute Gasteiger partial charge is 0.321 e. The summed E-state index contributed by atoms with van der Waals surface area (Å²) < 4.78 is 10.7. The van der Waals surface area contributed by atoms with Crippen LogP contribution in [0.2, 0.25) is 5.28 Å². The summed E-state index contributed by atoms with van der Waals surface area (Å²) in [6, 6.07) is 7.79. The standard InChI is InChI=1S/C13H12ClN3O2/c1-18-13-16-11(15-12(14)17-13)8-2-4-9(5-3-8)19-10-6-7-10/h2-5,10H,6-7H2,1H3. The monoisotopic (exact) mass is 277 g/mol. The molecule has 0 atom stereocenters. The van der Waals surface area contributed by atoms with E-state index in [9.17, 15) is 0 Å². The van der Waals surface area contributed by atoms with Gasteiger partial charge in [0.25, 0.3) is 0 Å². The van der Waals surface area contributed by atoms with Crippen molar-refractivity contribution in [1.82, 2.24) is 15.0 Å². The number of rotatable bonds is 4. The van der Waals surface area contributed by atoms with Crippen LogP contribution in [0, 0.1) is 0 Å². The molecule has 1 aliphatic carbocycles. The highest BCUT2D eigenvalue weighted by Gasteiger charge is 2.23. The molecule has 0 N–H and O–H groups in total. The Morgan fingerprint density at radius 1 is 1.11 bits per heavy atom. The van der Waals surface area contributed by atoms with Gasteiger partial charge in [0.2, 0.25) is 5.28 Å². The minimum Gasteiger partial charge on any atom is -0.490 e. The number of nitrogens with zero attached hydrogens (tertiary/aromatic N) is 3. The van der Waals surface area contributed by atoms with Gasteiger partial charge < -0.3 is 9.47 Å². The van der Waals surface area contributed by atoms with Gasteiger partial charge in [-0.3, -0.25) is 0 Å². The Bertz CT molecular complexity index is 585. The van der Waals surface area contributed by atoms with Gasteiger partial charge in [-0.1, -0.05) is 0 Å². The summed E-state index contributed by atoms with van der Waals surface area (Å²) in [5, 5.41) is 0.111. The summed E-state index contributed by atoms with van der Waals surface area (Å²) in [5.74, 6) is 1.34. The third kappa shape index (κ3) is 2.93. The third-order valence-corrected chi connectivity index (χ3v) is 2.88. The molecule has 1 aromatic heterocycles. The molecule has 1 aliphatic rings. The molecule has 6 heteroatoms. The van der Waals surface area contributed by atoms with Crippen molar-refractivity contribution in [3.05, 3.63) is 29.5 Å². The van der Waals surface area contributed by atoms with E-state index in [4.69, 9.17) is 21.1 Å². The first-order chi connectivity index (χ1) is 9.24. The molecular formula is C13H12ClN3O2. The van der Waals surface area contributed by atoms with Crippen molar-refractivity contribution in [2.45, 2.75) is 18.9 Å². The third-order valence-electron chi connectivity index (χ3n) is 2.71. The van der Waals surface area contributed by atoms with Gasteiger partial charge in [0.05, 0.1) is 13.2 Å². The summed E-state index contributed by atoms with van der Waals surface area (Å²) in [6.45, 7) is 0. The van der Waals surface area contributed by atoms with Gasteiger partial charge in [-0.25, -0.2) is 0 Å². The summed E-state index contributed by atoms with van der Waals surface area (Å²) in [6.07, 6.45) is 2.67. The first-order valence-corrected chi connectivity index (χ1v) is 6.35. The van der Waals surface area contributed by atoms with Gasteiger partial charge >= 0.3 is 6.01 Å². The van der Waals surface area contributed by atoms with E-state index < -0.39 is 0 Å². The quantitative estimate of drug-likeness (QED) is 0.860. The highest BCUT2D eigenvalue weighted by atomic mass is 35.5. The topological polar surface area (TPSA) is 57.1 Å². The molecule has 3 rings (SSSR count). The Morgan fingerprint density at radius 2 is 1.84 bits per heavy atom. The van der Waals surface area contributed by atoms with E-state index in [0.717, 1.165) is 24.2 Å². The fourth-order valence-corrected chi connectivity index (χ4v) is 1.77. The lowest BCUT2D eigenvalue weighted by Crippen LogP contribution is -1.98. The van der Waals surface area contributed by atoms with E-state index in [-0.39, 0.29) is 11.3 Å². The molecule has 1 fully saturated rings. The Labute approximate surface area is 115 Å². The van der Waals surface area contributed by atoms with Crippen LogP contribution in [0.25, 0.3) is 11.4 Å². The number of hydrogen-bond donors (Lipinski definition) is 0. The first-order valence-electron chi connectivity index (χ1n) is 5.97. The van der Waals surface area contributed by atoms with Crippen molar-refractivity contribution < 1.29 is 9.47 Å². The van der Waals surface area contributed by atoms with Crippen molar-refractivity contribution in [2.24, 2.45) is 0 Å². The molecule has 0 saturated heterocycles. The summed E-state index contributed by atoms with van der Waals surface area (Å²) >= 11 is 5.82. The van der Waals surface area contributed by atoms with Gasteiger partial charge in [0.15, 0.2) is 5.82 Å². The van der Waals surface area contributed by atoms with Crippen LogP contribution in [0.5, 0.6) is 11.8 Å². The lowest BCUT2D eigenvalue weighted by molar-refractivity contribution is 0.303. The van der Waals surface area contributed by atoms with Crippen LogP contribution in [0.4, 0.5) is 0 Å². The normalized spacial score (nSPS) is 14.2. The van der Waals surface area contributed by atoms with Gasteiger partial charge in [0, 0.05) is 5.56 Å². The van der Waals surface area contributed by atoms with Crippen LogP contribution in [0.15, 0.2) is 24.3 Å².